The third-order valence-electron chi connectivity index (χ3n) is 2.92. The monoisotopic (exact) mass is 235 g/mol. The summed E-state index contributed by atoms with van der Waals surface area (Å²) in [4.78, 5) is 11.2. The van der Waals surface area contributed by atoms with E-state index in [-0.39, 0.29) is 5.97 Å². The van der Waals surface area contributed by atoms with Gasteiger partial charge in [-0.15, -0.1) is 0 Å². The quantitative estimate of drug-likeness (QED) is 0.810. The van der Waals surface area contributed by atoms with Gasteiger partial charge in [0.05, 0.1) is 19.3 Å². The van der Waals surface area contributed by atoms with Crippen LogP contribution in [0.5, 0.6) is 0 Å². The maximum atomic E-state index is 11.2. The van der Waals surface area contributed by atoms with E-state index in [1.165, 1.54) is 7.11 Å². The molecule has 1 saturated heterocycles. The minimum Gasteiger partial charge on any atom is -0.465 e. The lowest BCUT2D eigenvalue weighted by molar-refractivity contribution is 0.0601. The number of anilines is 1. The van der Waals surface area contributed by atoms with Crippen LogP contribution >= 0.6 is 0 Å². The van der Waals surface area contributed by atoms with E-state index in [4.69, 9.17) is 4.74 Å². The van der Waals surface area contributed by atoms with Crippen molar-refractivity contribution in [2.45, 2.75) is 6.42 Å². The maximum Gasteiger partial charge on any atom is 0.337 e. The van der Waals surface area contributed by atoms with Crippen molar-refractivity contribution in [3.8, 4) is 0 Å². The van der Waals surface area contributed by atoms with Gasteiger partial charge in [0.25, 0.3) is 0 Å². The molecule has 0 spiro atoms. The Morgan fingerprint density at radius 2 is 2.24 bits per heavy atom. The van der Waals surface area contributed by atoms with Gasteiger partial charge in [-0.1, -0.05) is 0 Å². The molecule has 1 aromatic carbocycles. The van der Waals surface area contributed by atoms with E-state index in [2.05, 4.69) is 10.1 Å². The molecular formula is C13H17NO3. The minimum atomic E-state index is -0.305. The summed E-state index contributed by atoms with van der Waals surface area (Å²) >= 11 is 0. The first-order chi connectivity index (χ1) is 8.29. The number of carbonyl (C=O) groups is 1. The molecule has 0 aromatic heterocycles. The number of nitrogens with one attached hydrogen (secondary N) is 1. The molecule has 1 N–H and O–H groups in total. The van der Waals surface area contributed by atoms with Crippen LogP contribution in [0.4, 0.5) is 5.69 Å². The first kappa shape index (κ1) is 11.9. The summed E-state index contributed by atoms with van der Waals surface area (Å²) in [6.07, 6.45) is 1.12. The van der Waals surface area contributed by atoms with Gasteiger partial charge < -0.3 is 14.8 Å². The highest BCUT2D eigenvalue weighted by Crippen LogP contribution is 2.15. The van der Waals surface area contributed by atoms with E-state index >= 15 is 0 Å². The van der Waals surface area contributed by atoms with Crippen molar-refractivity contribution < 1.29 is 14.3 Å². The number of carbonyl (C=O) groups excluding carboxylic acids is 1. The smallest absolute Gasteiger partial charge is 0.337 e. The molecular weight excluding hydrogens is 218 g/mol. The molecule has 1 atom stereocenters. The Bertz CT molecular complexity index is 369. The second-order valence-corrected chi connectivity index (χ2v) is 4.18. The predicted octanol–water partition coefficient (Wildman–Crippen LogP) is 1.92. The molecule has 4 nitrogen and oxygen atoms in total. The number of methoxy groups -OCH3 is 1. The van der Waals surface area contributed by atoms with Crippen LogP contribution in [-0.2, 0) is 9.47 Å². The fraction of sp³-hybridized carbons (Fsp3) is 0.462. The number of ether oxygens (including phenoxy) is 2. The normalized spacial score (nSPS) is 19.0. The van der Waals surface area contributed by atoms with Crippen LogP contribution < -0.4 is 5.32 Å². The first-order valence-corrected chi connectivity index (χ1v) is 5.79. The van der Waals surface area contributed by atoms with Crippen molar-refractivity contribution in [3.63, 3.8) is 0 Å². The Morgan fingerprint density at radius 3 is 2.82 bits per heavy atom. The molecule has 0 bridgehead atoms. The Morgan fingerprint density at radius 1 is 1.47 bits per heavy atom. The molecule has 1 fully saturated rings. The van der Waals surface area contributed by atoms with Crippen LogP contribution in [-0.4, -0.2) is 32.8 Å². The average Bonchev–Trinajstić information content (AvgIpc) is 2.89. The van der Waals surface area contributed by atoms with Crippen molar-refractivity contribution in [3.05, 3.63) is 29.8 Å². The molecule has 0 aliphatic carbocycles. The van der Waals surface area contributed by atoms with Crippen LogP contribution in [0.3, 0.4) is 0 Å². The summed E-state index contributed by atoms with van der Waals surface area (Å²) in [6.45, 7) is 2.62. The van der Waals surface area contributed by atoms with E-state index < -0.39 is 0 Å². The van der Waals surface area contributed by atoms with E-state index in [1.54, 1.807) is 12.1 Å². The Labute approximate surface area is 101 Å². The summed E-state index contributed by atoms with van der Waals surface area (Å²) in [6, 6.07) is 7.31. The number of hydrogen-bond acceptors (Lipinski definition) is 4. The molecule has 1 heterocycles. The maximum absolute atomic E-state index is 11.2. The van der Waals surface area contributed by atoms with E-state index in [9.17, 15) is 4.79 Å². The molecule has 1 unspecified atom stereocenters. The standard InChI is InChI=1S/C13H17NO3/c1-16-13(15)11-2-4-12(5-3-11)14-8-10-6-7-17-9-10/h2-5,10,14H,6-9H2,1H3. The van der Waals surface area contributed by atoms with E-state index in [0.29, 0.717) is 11.5 Å². The summed E-state index contributed by atoms with van der Waals surface area (Å²) in [5.41, 5.74) is 1.59. The van der Waals surface area contributed by atoms with Crippen molar-refractivity contribution in [1.29, 1.82) is 0 Å². The van der Waals surface area contributed by atoms with E-state index in [1.807, 2.05) is 12.1 Å². The van der Waals surface area contributed by atoms with Gasteiger partial charge in [-0.05, 0) is 30.7 Å². The van der Waals surface area contributed by atoms with Gasteiger partial charge in [-0.2, -0.15) is 0 Å². The molecule has 1 aliphatic heterocycles. The van der Waals surface area contributed by atoms with Gasteiger partial charge in [-0.25, -0.2) is 4.79 Å². The van der Waals surface area contributed by atoms with Crippen molar-refractivity contribution in [2.75, 3.05) is 32.2 Å². The van der Waals surface area contributed by atoms with Gasteiger partial charge >= 0.3 is 5.97 Å². The van der Waals surface area contributed by atoms with E-state index in [0.717, 1.165) is 31.9 Å². The van der Waals surface area contributed by atoms with Crippen molar-refractivity contribution >= 4 is 11.7 Å². The van der Waals surface area contributed by atoms with Gasteiger partial charge in [0.2, 0.25) is 0 Å². The second-order valence-electron chi connectivity index (χ2n) is 4.18. The highest BCUT2D eigenvalue weighted by Gasteiger charge is 2.14. The molecule has 92 valence electrons. The lowest BCUT2D eigenvalue weighted by Crippen LogP contribution is -2.14. The van der Waals surface area contributed by atoms with Crippen molar-refractivity contribution in [1.82, 2.24) is 0 Å². The molecule has 0 saturated carbocycles. The number of benzene rings is 1. The Balaban J connectivity index is 1.87. The van der Waals surface area contributed by atoms with Gasteiger partial charge in [0.1, 0.15) is 0 Å². The highest BCUT2D eigenvalue weighted by atomic mass is 16.5. The zero-order chi connectivity index (χ0) is 12.1. The van der Waals surface area contributed by atoms with Crippen LogP contribution in [0.25, 0.3) is 0 Å². The molecule has 2 rings (SSSR count). The number of esters is 1. The van der Waals surface area contributed by atoms with Gasteiger partial charge in [0.15, 0.2) is 0 Å². The molecule has 17 heavy (non-hydrogen) atoms. The largest absolute Gasteiger partial charge is 0.465 e. The molecule has 1 aliphatic rings. The Hall–Kier alpha value is -1.55. The highest BCUT2D eigenvalue weighted by molar-refractivity contribution is 5.89. The lowest BCUT2D eigenvalue weighted by atomic mass is 10.1. The fourth-order valence-corrected chi connectivity index (χ4v) is 1.85. The summed E-state index contributed by atoms with van der Waals surface area (Å²) in [7, 11) is 1.38. The SMILES string of the molecule is COC(=O)c1ccc(NCC2CCOC2)cc1. The minimum absolute atomic E-state index is 0.305. The average molecular weight is 235 g/mol. The third-order valence-corrected chi connectivity index (χ3v) is 2.92. The molecule has 1 aromatic rings. The topological polar surface area (TPSA) is 47.6 Å². The summed E-state index contributed by atoms with van der Waals surface area (Å²) in [5.74, 6) is 0.288. The lowest BCUT2D eigenvalue weighted by Gasteiger charge is -2.10. The molecule has 0 amide bonds. The Kier molecular flexibility index (Phi) is 3.98. The molecule has 4 heteroatoms. The third kappa shape index (κ3) is 3.20. The van der Waals surface area contributed by atoms with Crippen LogP contribution in [0, 0.1) is 5.92 Å². The predicted molar refractivity (Wildman–Crippen MR) is 65.2 cm³/mol. The van der Waals surface area contributed by atoms with Crippen LogP contribution in [0.1, 0.15) is 16.8 Å². The van der Waals surface area contributed by atoms with Crippen LogP contribution in [0.2, 0.25) is 0 Å². The number of rotatable bonds is 4. The first-order valence-electron chi connectivity index (χ1n) is 5.79. The van der Waals surface area contributed by atoms with Gasteiger partial charge in [0, 0.05) is 24.8 Å². The summed E-state index contributed by atoms with van der Waals surface area (Å²) < 4.78 is 9.95. The second kappa shape index (κ2) is 5.68. The number of hydrogen-bond donors (Lipinski definition) is 1. The zero-order valence-electron chi connectivity index (χ0n) is 9.94. The molecule has 0 radical (unpaired) electrons. The fourth-order valence-electron chi connectivity index (χ4n) is 1.85. The van der Waals surface area contributed by atoms with Crippen molar-refractivity contribution in [2.24, 2.45) is 5.92 Å². The van der Waals surface area contributed by atoms with Gasteiger partial charge in [-0.3, -0.25) is 0 Å². The van der Waals surface area contributed by atoms with Crippen LogP contribution in [0.15, 0.2) is 24.3 Å². The zero-order valence-corrected chi connectivity index (χ0v) is 9.94. The summed E-state index contributed by atoms with van der Waals surface area (Å²) in [5, 5.41) is 3.34.